The summed E-state index contributed by atoms with van der Waals surface area (Å²) in [6.45, 7) is 2.40. The number of fused-ring (bicyclic) bond motifs is 1. The molecule has 4 nitrogen and oxygen atoms in total. The van der Waals surface area contributed by atoms with Gasteiger partial charge in [0.1, 0.15) is 12.4 Å². The number of aromatic carboxylic acids is 1. The average Bonchev–Trinajstić information content (AvgIpc) is 2.55. The number of halogens is 1. The van der Waals surface area contributed by atoms with Gasteiger partial charge in [0, 0.05) is 11.9 Å². The van der Waals surface area contributed by atoms with Crippen LogP contribution >= 0.6 is 15.9 Å². The van der Waals surface area contributed by atoms with Crippen LogP contribution in [0.3, 0.4) is 0 Å². The van der Waals surface area contributed by atoms with Crippen LogP contribution < -0.4 is 9.64 Å². The quantitative estimate of drug-likeness (QED) is 0.844. The van der Waals surface area contributed by atoms with E-state index >= 15 is 0 Å². The average molecular weight is 362 g/mol. The third kappa shape index (κ3) is 2.81. The van der Waals surface area contributed by atoms with E-state index < -0.39 is 5.97 Å². The van der Waals surface area contributed by atoms with Gasteiger partial charge in [-0.3, -0.25) is 0 Å². The highest BCUT2D eigenvalue weighted by Crippen LogP contribution is 2.36. The fraction of sp³-hybridized carbons (Fsp3) is 0.235. The lowest BCUT2D eigenvalue weighted by molar-refractivity contribution is 0.0697. The van der Waals surface area contributed by atoms with Gasteiger partial charge in [0.15, 0.2) is 0 Å². The van der Waals surface area contributed by atoms with Gasteiger partial charge in [-0.25, -0.2) is 4.79 Å². The number of carbonyl (C=O) groups is 1. The Morgan fingerprint density at radius 1 is 1.27 bits per heavy atom. The summed E-state index contributed by atoms with van der Waals surface area (Å²) in [5, 5.41) is 10.2. The topological polar surface area (TPSA) is 49.8 Å². The second-order valence-corrected chi connectivity index (χ2v) is 5.85. The van der Waals surface area contributed by atoms with E-state index in [1.165, 1.54) is 0 Å². The Labute approximate surface area is 137 Å². The van der Waals surface area contributed by atoms with Gasteiger partial charge in [-0.2, -0.15) is 0 Å². The van der Waals surface area contributed by atoms with Crippen molar-refractivity contribution in [3.05, 3.63) is 48.0 Å². The van der Waals surface area contributed by atoms with E-state index in [2.05, 4.69) is 20.8 Å². The predicted octanol–water partition coefficient (Wildman–Crippen LogP) is 3.65. The number of hydrogen-bond acceptors (Lipinski definition) is 3. The van der Waals surface area contributed by atoms with Crippen molar-refractivity contribution < 1.29 is 14.6 Å². The number of benzene rings is 2. The number of rotatable bonds is 4. The molecule has 1 aliphatic heterocycles. The number of ether oxygens (including phenoxy) is 1. The highest BCUT2D eigenvalue weighted by molar-refractivity contribution is 9.09. The molecule has 0 saturated heterocycles. The molecule has 2 aromatic carbocycles. The summed E-state index contributed by atoms with van der Waals surface area (Å²) in [7, 11) is 0. The molecule has 3 rings (SSSR count). The largest absolute Gasteiger partial charge is 0.490 e. The van der Waals surface area contributed by atoms with Gasteiger partial charge in [0.25, 0.3) is 0 Å². The van der Waals surface area contributed by atoms with Crippen LogP contribution in [0.2, 0.25) is 0 Å². The molecular formula is C17H16BrNO3. The van der Waals surface area contributed by atoms with Gasteiger partial charge in [-0.15, -0.1) is 0 Å². The fourth-order valence-electron chi connectivity index (χ4n) is 2.70. The van der Waals surface area contributed by atoms with Crippen LogP contribution in [0, 0.1) is 0 Å². The van der Waals surface area contributed by atoms with Crippen molar-refractivity contribution in [2.75, 3.05) is 29.9 Å². The molecular weight excluding hydrogens is 346 g/mol. The normalized spacial score (nSPS) is 13.4. The molecule has 1 N–H and O–H groups in total. The standard InChI is InChI=1S/C17H16BrNO3/c18-7-8-19-9-10-22-16-6-5-12(11-15(16)19)13-3-1-2-4-14(13)17(20)21/h1-6,11H,7-10H2,(H,20,21). The van der Waals surface area contributed by atoms with Gasteiger partial charge in [0.05, 0.1) is 17.8 Å². The summed E-state index contributed by atoms with van der Waals surface area (Å²) >= 11 is 3.47. The second kappa shape index (κ2) is 6.40. The minimum Gasteiger partial charge on any atom is -0.490 e. The second-order valence-electron chi connectivity index (χ2n) is 5.06. The maximum Gasteiger partial charge on any atom is 0.336 e. The zero-order valence-corrected chi connectivity index (χ0v) is 13.5. The van der Waals surface area contributed by atoms with E-state index in [0.29, 0.717) is 12.2 Å². The summed E-state index contributed by atoms with van der Waals surface area (Å²) in [6, 6.07) is 12.9. The SMILES string of the molecule is O=C(O)c1ccccc1-c1ccc2c(c1)N(CCBr)CCO2. The smallest absolute Gasteiger partial charge is 0.336 e. The Kier molecular flexibility index (Phi) is 4.34. The lowest BCUT2D eigenvalue weighted by atomic mass is 9.98. The fourth-order valence-corrected chi connectivity index (χ4v) is 3.12. The van der Waals surface area contributed by atoms with E-state index in [-0.39, 0.29) is 0 Å². The Hall–Kier alpha value is -2.01. The summed E-state index contributed by atoms with van der Waals surface area (Å²) in [5.74, 6) is -0.0642. The first-order chi connectivity index (χ1) is 10.7. The van der Waals surface area contributed by atoms with Crippen LogP contribution in [-0.4, -0.2) is 36.1 Å². The van der Waals surface area contributed by atoms with Crippen molar-refractivity contribution in [3.8, 4) is 16.9 Å². The molecule has 114 valence electrons. The predicted molar refractivity (Wildman–Crippen MR) is 90.3 cm³/mol. The molecule has 0 amide bonds. The molecule has 0 bridgehead atoms. The Bertz CT molecular complexity index is 702. The highest BCUT2D eigenvalue weighted by Gasteiger charge is 2.19. The number of alkyl halides is 1. The van der Waals surface area contributed by atoms with Crippen molar-refractivity contribution in [1.29, 1.82) is 0 Å². The molecule has 22 heavy (non-hydrogen) atoms. The van der Waals surface area contributed by atoms with Crippen LogP contribution in [0.25, 0.3) is 11.1 Å². The molecule has 5 heteroatoms. The Balaban J connectivity index is 2.07. The van der Waals surface area contributed by atoms with E-state index in [0.717, 1.165) is 41.0 Å². The van der Waals surface area contributed by atoms with Crippen molar-refractivity contribution in [1.82, 2.24) is 0 Å². The Morgan fingerprint density at radius 3 is 2.86 bits per heavy atom. The van der Waals surface area contributed by atoms with Crippen molar-refractivity contribution in [2.45, 2.75) is 0 Å². The van der Waals surface area contributed by atoms with Crippen LogP contribution in [-0.2, 0) is 0 Å². The minimum atomic E-state index is -0.915. The molecule has 0 fully saturated rings. The third-order valence-corrected chi connectivity index (χ3v) is 4.10. The van der Waals surface area contributed by atoms with E-state index in [1.807, 2.05) is 30.3 Å². The lowest BCUT2D eigenvalue weighted by Crippen LogP contribution is -2.34. The van der Waals surface area contributed by atoms with Crippen molar-refractivity contribution in [3.63, 3.8) is 0 Å². The summed E-state index contributed by atoms with van der Waals surface area (Å²) in [5.41, 5.74) is 2.94. The molecule has 0 unspecified atom stereocenters. The van der Waals surface area contributed by atoms with Gasteiger partial charge in [-0.1, -0.05) is 40.2 Å². The monoisotopic (exact) mass is 361 g/mol. The van der Waals surface area contributed by atoms with Gasteiger partial charge in [-0.05, 0) is 29.3 Å². The molecule has 0 radical (unpaired) electrons. The summed E-state index contributed by atoms with van der Waals surface area (Å²) < 4.78 is 5.70. The van der Waals surface area contributed by atoms with Gasteiger partial charge >= 0.3 is 5.97 Å². The first-order valence-corrected chi connectivity index (χ1v) is 8.23. The number of anilines is 1. The first kappa shape index (κ1) is 14.9. The maximum atomic E-state index is 11.4. The molecule has 1 aliphatic rings. The first-order valence-electron chi connectivity index (χ1n) is 7.11. The molecule has 0 aromatic heterocycles. The van der Waals surface area contributed by atoms with E-state index in [1.54, 1.807) is 12.1 Å². The maximum absolute atomic E-state index is 11.4. The zero-order chi connectivity index (χ0) is 15.5. The van der Waals surface area contributed by atoms with Crippen molar-refractivity contribution >= 4 is 27.6 Å². The van der Waals surface area contributed by atoms with E-state index in [4.69, 9.17) is 4.74 Å². The molecule has 0 aliphatic carbocycles. The highest BCUT2D eigenvalue weighted by atomic mass is 79.9. The molecule has 0 saturated carbocycles. The van der Waals surface area contributed by atoms with Crippen LogP contribution in [0.5, 0.6) is 5.75 Å². The molecule has 0 atom stereocenters. The molecule has 1 heterocycles. The van der Waals surface area contributed by atoms with Crippen LogP contribution in [0.15, 0.2) is 42.5 Å². The lowest BCUT2D eigenvalue weighted by Gasteiger charge is -2.31. The number of carboxylic acids is 1. The number of carboxylic acid groups (broad SMARTS) is 1. The number of hydrogen-bond donors (Lipinski definition) is 1. The van der Waals surface area contributed by atoms with Gasteiger partial charge < -0.3 is 14.7 Å². The van der Waals surface area contributed by atoms with Crippen molar-refractivity contribution in [2.24, 2.45) is 0 Å². The molecule has 0 spiro atoms. The third-order valence-electron chi connectivity index (χ3n) is 3.74. The Morgan fingerprint density at radius 2 is 2.09 bits per heavy atom. The number of nitrogens with zero attached hydrogens (tertiary/aromatic N) is 1. The summed E-state index contributed by atoms with van der Waals surface area (Å²) in [6.07, 6.45) is 0. The molecule has 2 aromatic rings. The van der Waals surface area contributed by atoms with Crippen LogP contribution in [0.4, 0.5) is 5.69 Å². The van der Waals surface area contributed by atoms with E-state index in [9.17, 15) is 9.90 Å². The minimum absolute atomic E-state index is 0.311. The van der Waals surface area contributed by atoms with Crippen LogP contribution in [0.1, 0.15) is 10.4 Å². The zero-order valence-electron chi connectivity index (χ0n) is 12.0. The van der Waals surface area contributed by atoms with Gasteiger partial charge in [0.2, 0.25) is 0 Å². The summed E-state index contributed by atoms with van der Waals surface area (Å²) in [4.78, 5) is 13.7.